The Balaban J connectivity index is -0.000000506. The van der Waals surface area contributed by atoms with E-state index in [4.69, 9.17) is 0 Å². The summed E-state index contributed by atoms with van der Waals surface area (Å²) in [6.07, 6.45) is 4.19. The first-order valence-corrected chi connectivity index (χ1v) is 8.25. The van der Waals surface area contributed by atoms with Crippen LogP contribution in [-0.4, -0.2) is 0 Å². The van der Waals surface area contributed by atoms with E-state index in [0.717, 1.165) is 17.8 Å². The van der Waals surface area contributed by atoms with Gasteiger partial charge in [-0.3, -0.25) is 0 Å². The minimum atomic E-state index is 0.477. The van der Waals surface area contributed by atoms with Crippen molar-refractivity contribution in [2.45, 2.75) is 95.4 Å². The van der Waals surface area contributed by atoms with Crippen LogP contribution in [0.25, 0.3) is 0 Å². The molecule has 114 valence electrons. The predicted molar refractivity (Wildman–Crippen MR) is 89.2 cm³/mol. The molecule has 0 rings (SSSR count). The highest BCUT2D eigenvalue weighted by molar-refractivity contribution is 4.76. The van der Waals surface area contributed by atoms with Crippen molar-refractivity contribution in [1.82, 2.24) is 0 Å². The van der Waals surface area contributed by atoms with Crippen LogP contribution in [0, 0.1) is 23.2 Å². The topological polar surface area (TPSA) is 0 Å². The van der Waals surface area contributed by atoms with Crippen LogP contribution in [0.5, 0.6) is 0 Å². The van der Waals surface area contributed by atoms with Crippen molar-refractivity contribution in [2.75, 3.05) is 0 Å². The smallest absolute Gasteiger partial charge is 0.0342 e. The molecule has 1 atom stereocenters. The van der Waals surface area contributed by atoms with Crippen LogP contribution < -0.4 is 0 Å². The summed E-state index contributed by atoms with van der Waals surface area (Å²) < 4.78 is 0. The van der Waals surface area contributed by atoms with Gasteiger partial charge in [-0.1, -0.05) is 89.0 Å². The van der Waals surface area contributed by atoms with Crippen molar-refractivity contribution in [3.63, 3.8) is 0 Å². The average molecular weight is 259 g/mol. The van der Waals surface area contributed by atoms with Gasteiger partial charge in [-0.15, -0.1) is 0 Å². The van der Waals surface area contributed by atoms with Gasteiger partial charge in [-0.2, -0.15) is 0 Å². The van der Waals surface area contributed by atoms with Gasteiger partial charge in [0.1, 0.15) is 0 Å². The molecule has 0 bridgehead atoms. The highest BCUT2D eigenvalue weighted by Gasteiger charge is 2.26. The Morgan fingerprint density at radius 2 is 1.11 bits per heavy atom. The third-order valence-electron chi connectivity index (χ3n) is 3.21. The Bertz CT molecular complexity index is 137. The summed E-state index contributed by atoms with van der Waals surface area (Å²) in [4.78, 5) is 0. The molecule has 0 saturated heterocycles. The maximum atomic E-state index is 2.38. The molecule has 0 aromatic heterocycles. The molecule has 0 aliphatic carbocycles. The van der Waals surface area contributed by atoms with Gasteiger partial charge >= 0.3 is 0 Å². The number of hydrogen-bond acceptors (Lipinski definition) is 0. The Labute approximate surface area is 119 Å². The van der Waals surface area contributed by atoms with Gasteiger partial charge in [0.05, 0.1) is 0 Å². The molecule has 0 saturated carbocycles. The van der Waals surface area contributed by atoms with Crippen LogP contribution in [0.15, 0.2) is 0 Å². The van der Waals surface area contributed by atoms with Gasteiger partial charge < -0.3 is 0 Å². The van der Waals surface area contributed by atoms with Crippen molar-refractivity contribution >= 4 is 0 Å². The maximum Gasteiger partial charge on any atom is -0.0342 e. The predicted octanol–water partition coefficient (Wildman–Crippen LogP) is 7.18. The van der Waals surface area contributed by atoms with Gasteiger partial charge in [-0.25, -0.2) is 0 Å². The second-order valence-electron chi connectivity index (χ2n) is 6.54. The minimum absolute atomic E-state index is 0.477. The third-order valence-corrected chi connectivity index (χ3v) is 3.21. The van der Waals surface area contributed by atoms with Crippen molar-refractivity contribution in [3.05, 3.63) is 0 Å². The fraction of sp³-hybridized carbons (Fsp3) is 1.00. The Kier molecular flexibility index (Phi) is 17.3. The lowest BCUT2D eigenvalue weighted by molar-refractivity contribution is 0.160. The van der Waals surface area contributed by atoms with Crippen LogP contribution in [-0.2, 0) is 0 Å². The fourth-order valence-corrected chi connectivity index (χ4v) is 2.51. The number of rotatable bonds is 5. The molecule has 1 unspecified atom stereocenters. The van der Waals surface area contributed by atoms with E-state index in [1.54, 1.807) is 0 Å². The summed E-state index contributed by atoms with van der Waals surface area (Å²) in [7, 11) is 0. The maximum absolute atomic E-state index is 2.38. The van der Waals surface area contributed by atoms with Crippen LogP contribution in [0.1, 0.15) is 95.4 Å². The first-order valence-electron chi connectivity index (χ1n) is 8.25. The molecule has 0 radical (unpaired) electrons. The lowest BCUT2D eigenvalue weighted by atomic mass is 9.71. The van der Waals surface area contributed by atoms with E-state index in [0.29, 0.717) is 5.41 Å². The van der Waals surface area contributed by atoms with Crippen molar-refractivity contribution < 1.29 is 0 Å². The highest BCUT2D eigenvalue weighted by Crippen LogP contribution is 2.36. The van der Waals surface area contributed by atoms with Crippen LogP contribution in [0.3, 0.4) is 0 Å². The monoisotopic (exact) mass is 258 g/mol. The van der Waals surface area contributed by atoms with Gasteiger partial charge in [0, 0.05) is 0 Å². The minimum Gasteiger partial charge on any atom is -0.0683 e. The van der Waals surface area contributed by atoms with Crippen LogP contribution in [0.2, 0.25) is 0 Å². The molecule has 0 N–H and O–H groups in total. The molecular weight excluding hydrogens is 216 g/mol. The van der Waals surface area contributed by atoms with E-state index in [-0.39, 0.29) is 0 Å². The van der Waals surface area contributed by atoms with Crippen molar-refractivity contribution in [1.29, 1.82) is 0 Å². The highest BCUT2D eigenvalue weighted by atomic mass is 14.3. The lowest BCUT2D eigenvalue weighted by Crippen LogP contribution is -2.25. The van der Waals surface area contributed by atoms with E-state index in [2.05, 4.69) is 48.5 Å². The summed E-state index contributed by atoms with van der Waals surface area (Å²) in [6, 6.07) is 0. The quantitative estimate of drug-likeness (QED) is 0.490. The average Bonchev–Trinajstić information content (AvgIpc) is 2.27. The Morgan fingerprint density at radius 3 is 1.33 bits per heavy atom. The fourth-order valence-electron chi connectivity index (χ4n) is 2.51. The number of hydrogen-bond donors (Lipinski definition) is 0. The second-order valence-corrected chi connectivity index (χ2v) is 6.54. The standard InChI is InChI=1S/C14H30.2C2H6/c1-11(2)9-8-10-13(12(3)4)14(5,6)7;2*1-2/h11-13H,8-10H2,1-7H3;2*1-2H3. The molecule has 0 nitrogen and oxygen atoms in total. The van der Waals surface area contributed by atoms with Crippen LogP contribution in [0.4, 0.5) is 0 Å². The van der Waals surface area contributed by atoms with E-state index >= 15 is 0 Å². The van der Waals surface area contributed by atoms with E-state index < -0.39 is 0 Å². The van der Waals surface area contributed by atoms with Gasteiger partial charge in [0.25, 0.3) is 0 Å². The SMILES string of the molecule is CC.CC.CC(C)CCCC(C(C)C)C(C)(C)C. The van der Waals surface area contributed by atoms with Gasteiger partial charge in [0.2, 0.25) is 0 Å². The molecule has 0 aromatic carbocycles. The first-order chi connectivity index (χ1) is 8.25. The summed E-state index contributed by atoms with van der Waals surface area (Å²) in [5, 5.41) is 0. The molecule has 0 fully saturated rings. The molecule has 0 aliphatic heterocycles. The summed E-state index contributed by atoms with van der Waals surface area (Å²) in [5.41, 5.74) is 0.477. The van der Waals surface area contributed by atoms with Crippen LogP contribution >= 0.6 is 0 Å². The largest absolute Gasteiger partial charge is 0.0683 e. The normalized spacial score (nSPS) is 12.5. The molecule has 0 aliphatic rings. The summed E-state index contributed by atoms with van der Waals surface area (Å²) in [5.74, 6) is 2.56. The van der Waals surface area contributed by atoms with Gasteiger partial charge in [-0.05, 0) is 29.6 Å². The van der Waals surface area contributed by atoms with E-state index in [1.165, 1.54) is 19.3 Å². The zero-order valence-corrected chi connectivity index (χ0v) is 15.4. The van der Waals surface area contributed by atoms with Gasteiger partial charge in [0.15, 0.2) is 0 Å². The molecular formula is C18H42. The summed E-state index contributed by atoms with van der Waals surface area (Å²) in [6.45, 7) is 24.5. The molecule has 0 heterocycles. The molecule has 0 spiro atoms. The van der Waals surface area contributed by atoms with E-state index in [9.17, 15) is 0 Å². The molecule has 0 amide bonds. The van der Waals surface area contributed by atoms with E-state index in [1.807, 2.05) is 27.7 Å². The Hall–Kier alpha value is 0. The molecule has 18 heavy (non-hydrogen) atoms. The van der Waals surface area contributed by atoms with Crippen molar-refractivity contribution in [3.8, 4) is 0 Å². The Morgan fingerprint density at radius 1 is 0.722 bits per heavy atom. The zero-order valence-electron chi connectivity index (χ0n) is 15.4. The lowest BCUT2D eigenvalue weighted by Gasteiger charge is -2.34. The zero-order chi connectivity index (χ0) is 15.4. The third kappa shape index (κ3) is 14.1. The van der Waals surface area contributed by atoms with Crippen molar-refractivity contribution in [2.24, 2.45) is 23.2 Å². The summed E-state index contributed by atoms with van der Waals surface area (Å²) >= 11 is 0. The molecule has 0 heteroatoms. The molecule has 0 aromatic rings. The second kappa shape index (κ2) is 13.4. The first kappa shape index (κ1) is 23.1.